The molecule has 4 heteroatoms. The fourth-order valence-corrected chi connectivity index (χ4v) is 1.53. The number of aryl methyl sites for hydroxylation is 1. The first-order chi connectivity index (χ1) is 8.54. The molecule has 2 aromatic rings. The lowest BCUT2D eigenvalue weighted by atomic mass is 10.1. The van der Waals surface area contributed by atoms with Crippen LogP contribution in [0.2, 0.25) is 0 Å². The summed E-state index contributed by atoms with van der Waals surface area (Å²) in [4.78, 5) is 11.1. The third-order valence-corrected chi connectivity index (χ3v) is 2.43. The Hall–Kier alpha value is -2.49. The second-order valence-electron chi connectivity index (χ2n) is 3.91. The molecule has 0 aliphatic heterocycles. The van der Waals surface area contributed by atoms with Crippen molar-refractivity contribution in [1.82, 2.24) is 0 Å². The minimum Gasteiger partial charge on any atom is -0.508 e. The van der Waals surface area contributed by atoms with E-state index in [-0.39, 0.29) is 16.9 Å². The zero-order valence-electron chi connectivity index (χ0n) is 9.75. The molecule has 0 unspecified atom stereocenters. The molecule has 0 saturated heterocycles. The number of rotatable bonds is 2. The van der Waals surface area contributed by atoms with Crippen molar-refractivity contribution in [1.29, 1.82) is 0 Å². The molecule has 1 aromatic carbocycles. The van der Waals surface area contributed by atoms with Crippen LogP contribution < -0.4 is 5.43 Å². The van der Waals surface area contributed by atoms with Crippen LogP contribution in [-0.4, -0.2) is 10.2 Å². The van der Waals surface area contributed by atoms with E-state index in [9.17, 15) is 9.90 Å². The second kappa shape index (κ2) is 4.79. The van der Waals surface area contributed by atoms with Gasteiger partial charge in [-0.15, -0.1) is 0 Å². The molecule has 0 aliphatic carbocycles. The van der Waals surface area contributed by atoms with Gasteiger partial charge in [0.1, 0.15) is 11.5 Å². The largest absolute Gasteiger partial charge is 0.508 e. The SMILES string of the molecule is Cc1cc(/C=C/c2cc(=O)cc(O)o2)ccc1O. The zero-order valence-corrected chi connectivity index (χ0v) is 9.75. The van der Waals surface area contributed by atoms with E-state index in [0.717, 1.165) is 17.2 Å². The summed E-state index contributed by atoms with van der Waals surface area (Å²) in [5.41, 5.74) is 1.30. The van der Waals surface area contributed by atoms with Gasteiger partial charge < -0.3 is 14.6 Å². The van der Waals surface area contributed by atoms with E-state index >= 15 is 0 Å². The first-order valence-corrected chi connectivity index (χ1v) is 5.36. The quantitative estimate of drug-likeness (QED) is 0.851. The van der Waals surface area contributed by atoms with Gasteiger partial charge in [0.05, 0.1) is 6.07 Å². The second-order valence-corrected chi connectivity index (χ2v) is 3.91. The van der Waals surface area contributed by atoms with Crippen molar-refractivity contribution in [3.05, 3.63) is 57.4 Å². The summed E-state index contributed by atoms with van der Waals surface area (Å²) < 4.78 is 4.95. The monoisotopic (exact) mass is 244 g/mol. The van der Waals surface area contributed by atoms with Gasteiger partial charge in [0, 0.05) is 6.07 Å². The maximum atomic E-state index is 11.1. The third kappa shape index (κ3) is 2.79. The van der Waals surface area contributed by atoms with Crippen molar-refractivity contribution in [3.8, 4) is 11.7 Å². The minimum absolute atomic E-state index is 0.232. The smallest absolute Gasteiger partial charge is 0.286 e. The third-order valence-electron chi connectivity index (χ3n) is 2.43. The van der Waals surface area contributed by atoms with Gasteiger partial charge in [0.2, 0.25) is 0 Å². The molecule has 0 bridgehead atoms. The van der Waals surface area contributed by atoms with Crippen LogP contribution in [0, 0.1) is 6.92 Å². The van der Waals surface area contributed by atoms with Crippen LogP contribution in [0.4, 0.5) is 0 Å². The Morgan fingerprint density at radius 1 is 1.11 bits per heavy atom. The highest BCUT2D eigenvalue weighted by atomic mass is 16.5. The summed E-state index contributed by atoms with van der Waals surface area (Å²) in [5, 5.41) is 18.5. The number of phenolic OH excluding ortho intramolecular Hbond substituents is 1. The predicted molar refractivity (Wildman–Crippen MR) is 68.4 cm³/mol. The molecule has 18 heavy (non-hydrogen) atoms. The molecule has 2 N–H and O–H groups in total. The summed E-state index contributed by atoms with van der Waals surface area (Å²) in [5.74, 6) is 0.0887. The summed E-state index contributed by atoms with van der Waals surface area (Å²) in [6.45, 7) is 1.79. The molecular weight excluding hydrogens is 232 g/mol. The van der Waals surface area contributed by atoms with Gasteiger partial charge in [-0.05, 0) is 36.3 Å². The first kappa shape index (κ1) is 12.0. The minimum atomic E-state index is -0.413. The summed E-state index contributed by atoms with van der Waals surface area (Å²) >= 11 is 0. The van der Waals surface area contributed by atoms with Gasteiger partial charge in [0.25, 0.3) is 5.95 Å². The standard InChI is InChI=1S/C14H12O4/c1-9-6-10(3-5-13(9)16)2-4-12-7-11(15)8-14(17)18-12/h2-8,16-17H,1H3/b4-2+. The molecule has 0 atom stereocenters. The Morgan fingerprint density at radius 3 is 2.56 bits per heavy atom. The Morgan fingerprint density at radius 2 is 1.89 bits per heavy atom. The Kier molecular flexibility index (Phi) is 3.19. The molecule has 0 fully saturated rings. The first-order valence-electron chi connectivity index (χ1n) is 5.36. The average molecular weight is 244 g/mol. The fourth-order valence-electron chi connectivity index (χ4n) is 1.53. The van der Waals surface area contributed by atoms with Gasteiger partial charge in [-0.2, -0.15) is 0 Å². The maximum absolute atomic E-state index is 11.1. The van der Waals surface area contributed by atoms with Gasteiger partial charge in [-0.25, -0.2) is 0 Å². The number of hydrogen-bond acceptors (Lipinski definition) is 4. The van der Waals surface area contributed by atoms with Gasteiger partial charge in [-0.1, -0.05) is 12.1 Å². The van der Waals surface area contributed by atoms with Crippen LogP contribution in [0.25, 0.3) is 12.2 Å². The Balaban J connectivity index is 2.29. The highest BCUT2D eigenvalue weighted by Crippen LogP contribution is 2.18. The van der Waals surface area contributed by atoms with Crippen LogP contribution >= 0.6 is 0 Å². The zero-order chi connectivity index (χ0) is 13.1. The van der Waals surface area contributed by atoms with E-state index in [4.69, 9.17) is 9.52 Å². The molecule has 0 amide bonds. The lowest BCUT2D eigenvalue weighted by Gasteiger charge is -1.99. The van der Waals surface area contributed by atoms with E-state index in [1.807, 2.05) is 0 Å². The lowest BCUT2D eigenvalue weighted by molar-refractivity contribution is 0.319. The summed E-state index contributed by atoms with van der Waals surface area (Å²) in [6, 6.07) is 7.41. The lowest BCUT2D eigenvalue weighted by Crippen LogP contribution is -1.95. The fraction of sp³-hybridized carbons (Fsp3) is 0.0714. The van der Waals surface area contributed by atoms with Crippen molar-refractivity contribution in [2.75, 3.05) is 0 Å². The number of benzene rings is 1. The van der Waals surface area contributed by atoms with E-state index in [1.54, 1.807) is 37.3 Å². The topological polar surface area (TPSA) is 70.7 Å². The van der Waals surface area contributed by atoms with E-state index in [0.29, 0.717) is 0 Å². The van der Waals surface area contributed by atoms with Crippen LogP contribution in [0.1, 0.15) is 16.9 Å². The Labute approximate surface area is 103 Å². The van der Waals surface area contributed by atoms with Crippen molar-refractivity contribution in [2.24, 2.45) is 0 Å². The highest BCUT2D eigenvalue weighted by Gasteiger charge is 1.98. The molecule has 92 valence electrons. The molecule has 0 spiro atoms. The summed E-state index contributed by atoms with van der Waals surface area (Å²) in [7, 11) is 0. The van der Waals surface area contributed by atoms with Crippen LogP contribution in [-0.2, 0) is 0 Å². The highest BCUT2D eigenvalue weighted by molar-refractivity contribution is 5.68. The van der Waals surface area contributed by atoms with Crippen LogP contribution in [0.3, 0.4) is 0 Å². The van der Waals surface area contributed by atoms with Gasteiger partial charge in [-0.3, -0.25) is 4.79 Å². The van der Waals surface area contributed by atoms with E-state index in [1.165, 1.54) is 6.07 Å². The molecule has 1 heterocycles. The number of aromatic hydroxyl groups is 2. The predicted octanol–water partition coefficient (Wildman–Crippen LogP) is 2.53. The molecule has 4 nitrogen and oxygen atoms in total. The van der Waals surface area contributed by atoms with Crippen LogP contribution in [0.15, 0.2) is 39.5 Å². The van der Waals surface area contributed by atoms with Gasteiger partial charge >= 0.3 is 0 Å². The summed E-state index contributed by atoms with van der Waals surface area (Å²) in [6.07, 6.45) is 3.30. The van der Waals surface area contributed by atoms with E-state index in [2.05, 4.69) is 0 Å². The Bertz CT molecular complexity index is 653. The molecule has 0 radical (unpaired) electrons. The number of phenols is 1. The molecule has 2 rings (SSSR count). The maximum Gasteiger partial charge on any atom is 0.286 e. The van der Waals surface area contributed by atoms with Crippen molar-refractivity contribution < 1.29 is 14.6 Å². The van der Waals surface area contributed by atoms with Gasteiger partial charge in [0.15, 0.2) is 5.43 Å². The normalized spacial score (nSPS) is 10.9. The molecule has 0 aliphatic rings. The molecule has 1 aromatic heterocycles. The number of hydrogen-bond donors (Lipinski definition) is 2. The van der Waals surface area contributed by atoms with Crippen molar-refractivity contribution in [3.63, 3.8) is 0 Å². The molecule has 0 saturated carbocycles. The molecular formula is C14H12O4. The van der Waals surface area contributed by atoms with E-state index < -0.39 is 5.95 Å². The van der Waals surface area contributed by atoms with Crippen molar-refractivity contribution >= 4 is 12.2 Å². The van der Waals surface area contributed by atoms with Crippen LogP contribution in [0.5, 0.6) is 11.7 Å². The average Bonchev–Trinajstić information content (AvgIpc) is 2.29. The van der Waals surface area contributed by atoms with Crippen molar-refractivity contribution in [2.45, 2.75) is 6.92 Å².